The Morgan fingerprint density at radius 3 is 2.40 bits per heavy atom. The number of aromatic nitrogens is 2. The normalized spacial score (nSPS) is 12.2. The molecule has 6 nitrogen and oxygen atoms in total. The average Bonchev–Trinajstić information content (AvgIpc) is 2.95. The van der Waals surface area contributed by atoms with Crippen molar-refractivity contribution >= 4 is 11.0 Å². The SMILES string of the molecule is COc1cccc(OC)c1OC[C@@H](O)Cn1c(C)nc2ccccc21. The average molecular weight is 342 g/mol. The number of fused-ring (bicyclic) bond motifs is 1. The van der Waals surface area contributed by atoms with Crippen molar-refractivity contribution < 1.29 is 19.3 Å². The van der Waals surface area contributed by atoms with Crippen molar-refractivity contribution in [1.82, 2.24) is 9.55 Å². The lowest BCUT2D eigenvalue weighted by atomic mass is 10.3. The van der Waals surface area contributed by atoms with Gasteiger partial charge in [0.25, 0.3) is 0 Å². The molecule has 0 bridgehead atoms. The predicted molar refractivity (Wildman–Crippen MR) is 95.5 cm³/mol. The van der Waals surface area contributed by atoms with Crippen molar-refractivity contribution in [2.24, 2.45) is 0 Å². The van der Waals surface area contributed by atoms with Crippen LogP contribution in [-0.2, 0) is 6.54 Å². The van der Waals surface area contributed by atoms with Gasteiger partial charge in [0.05, 0.1) is 31.8 Å². The van der Waals surface area contributed by atoms with E-state index in [-0.39, 0.29) is 6.61 Å². The van der Waals surface area contributed by atoms with Crippen LogP contribution in [0.2, 0.25) is 0 Å². The van der Waals surface area contributed by atoms with E-state index in [0.29, 0.717) is 23.8 Å². The van der Waals surface area contributed by atoms with E-state index in [1.165, 1.54) is 0 Å². The quantitative estimate of drug-likeness (QED) is 0.715. The van der Waals surface area contributed by atoms with Crippen LogP contribution in [0.25, 0.3) is 11.0 Å². The van der Waals surface area contributed by atoms with E-state index in [9.17, 15) is 5.11 Å². The second-order valence-electron chi connectivity index (χ2n) is 5.71. The van der Waals surface area contributed by atoms with Crippen LogP contribution in [0.1, 0.15) is 5.82 Å². The molecule has 3 aromatic rings. The molecule has 0 unspecified atom stereocenters. The maximum atomic E-state index is 10.4. The van der Waals surface area contributed by atoms with Crippen LogP contribution in [0.4, 0.5) is 0 Å². The first-order valence-corrected chi connectivity index (χ1v) is 8.07. The number of benzene rings is 2. The first kappa shape index (κ1) is 17.1. The summed E-state index contributed by atoms with van der Waals surface area (Å²) in [5, 5.41) is 10.4. The van der Waals surface area contributed by atoms with Crippen molar-refractivity contribution in [3.8, 4) is 17.2 Å². The van der Waals surface area contributed by atoms with Crippen molar-refractivity contribution in [2.75, 3.05) is 20.8 Å². The van der Waals surface area contributed by atoms with Gasteiger partial charge in [-0.3, -0.25) is 0 Å². The second-order valence-corrected chi connectivity index (χ2v) is 5.71. The number of aliphatic hydroxyl groups excluding tert-OH is 1. The third-order valence-corrected chi connectivity index (χ3v) is 4.04. The van der Waals surface area contributed by atoms with Crippen LogP contribution >= 0.6 is 0 Å². The van der Waals surface area contributed by atoms with Crippen molar-refractivity contribution in [2.45, 2.75) is 19.6 Å². The summed E-state index contributed by atoms with van der Waals surface area (Å²) in [6.07, 6.45) is -0.703. The van der Waals surface area contributed by atoms with Crippen molar-refractivity contribution in [1.29, 1.82) is 0 Å². The zero-order chi connectivity index (χ0) is 17.8. The number of ether oxygens (including phenoxy) is 3. The third-order valence-electron chi connectivity index (χ3n) is 4.04. The number of para-hydroxylation sites is 3. The Hall–Kier alpha value is -2.73. The van der Waals surface area contributed by atoms with Crippen molar-refractivity contribution in [3.63, 3.8) is 0 Å². The van der Waals surface area contributed by atoms with Crippen LogP contribution < -0.4 is 14.2 Å². The topological polar surface area (TPSA) is 65.7 Å². The number of rotatable bonds is 7. The standard InChI is InChI=1S/C19H22N2O4/c1-13-20-15-7-4-5-8-16(15)21(13)11-14(22)12-25-19-17(23-2)9-6-10-18(19)24-3/h4-10,14,22H,11-12H2,1-3H3/t14-/m0/s1. The number of aryl methyl sites for hydroxylation is 1. The van der Waals surface area contributed by atoms with Crippen LogP contribution in [0.3, 0.4) is 0 Å². The molecule has 0 fully saturated rings. The molecule has 1 atom stereocenters. The third kappa shape index (κ3) is 3.53. The molecule has 0 radical (unpaired) electrons. The number of hydrogen-bond donors (Lipinski definition) is 1. The summed E-state index contributed by atoms with van der Waals surface area (Å²) in [5.74, 6) is 2.47. The van der Waals surface area contributed by atoms with Crippen molar-refractivity contribution in [3.05, 3.63) is 48.3 Å². The number of nitrogens with zero attached hydrogens (tertiary/aromatic N) is 2. The Morgan fingerprint density at radius 1 is 1.04 bits per heavy atom. The highest BCUT2D eigenvalue weighted by Gasteiger charge is 2.16. The van der Waals surface area contributed by atoms with Gasteiger partial charge in [-0.1, -0.05) is 18.2 Å². The fraction of sp³-hybridized carbons (Fsp3) is 0.316. The van der Waals surface area contributed by atoms with Gasteiger partial charge in [0.15, 0.2) is 11.5 Å². The molecule has 6 heteroatoms. The van der Waals surface area contributed by atoms with Gasteiger partial charge >= 0.3 is 0 Å². The summed E-state index contributed by atoms with van der Waals surface area (Å²) in [6.45, 7) is 2.43. The largest absolute Gasteiger partial charge is 0.493 e. The predicted octanol–water partition coefficient (Wildman–Crippen LogP) is 2.80. The number of aliphatic hydroxyl groups is 1. The first-order chi connectivity index (χ1) is 12.1. The van der Waals surface area contributed by atoms with E-state index in [2.05, 4.69) is 4.98 Å². The number of imidazole rings is 1. The van der Waals surface area contributed by atoms with Gasteiger partial charge in [-0.05, 0) is 31.2 Å². The Labute approximate surface area is 146 Å². The van der Waals surface area contributed by atoms with E-state index in [0.717, 1.165) is 16.9 Å². The van der Waals surface area contributed by atoms with Gasteiger partial charge in [0, 0.05) is 0 Å². The molecule has 0 saturated heterocycles. The highest BCUT2D eigenvalue weighted by Crippen LogP contribution is 2.36. The minimum Gasteiger partial charge on any atom is -0.493 e. The molecule has 0 amide bonds. The fourth-order valence-electron chi connectivity index (χ4n) is 2.83. The minimum absolute atomic E-state index is 0.114. The van der Waals surface area contributed by atoms with E-state index in [1.807, 2.05) is 41.8 Å². The molecule has 3 rings (SSSR count). The van der Waals surface area contributed by atoms with Crippen LogP contribution in [0.15, 0.2) is 42.5 Å². The molecule has 1 aromatic heterocycles. The lowest BCUT2D eigenvalue weighted by Gasteiger charge is -2.17. The van der Waals surface area contributed by atoms with Crippen LogP contribution in [0, 0.1) is 6.92 Å². The Balaban J connectivity index is 1.73. The molecule has 132 valence electrons. The summed E-state index contributed by atoms with van der Waals surface area (Å²) >= 11 is 0. The molecule has 1 heterocycles. The van der Waals surface area contributed by atoms with Gasteiger partial charge in [-0.2, -0.15) is 0 Å². The lowest BCUT2D eigenvalue weighted by molar-refractivity contribution is 0.0898. The van der Waals surface area contributed by atoms with Gasteiger partial charge in [-0.15, -0.1) is 0 Å². The highest BCUT2D eigenvalue weighted by atomic mass is 16.5. The molecule has 0 spiro atoms. The maximum absolute atomic E-state index is 10.4. The van der Waals surface area contributed by atoms with Gasteiger partial charge in [0.2, 0.25) is 5.75 Å². The zero-order valence-electron chi connectivity index (χ0n) is 14.6. The summed E-state index contributed by atoms with van der Waals surface area (Å²) < 4.78 is 18.4. The molecule has 0 aliphatic heterocycles. The molecule has 1 N–H and O–H groups in total. The minimum atomic E-state index is -0.703. The summed E-state index contributed by atoms with van der Waals surface area (Å²) in [5.41, 5.74) is 1.91. The van der Waals surface area contributed by atoms with Gasteiger partial charge in [-0.25, -0.2) is 4.98 Å². The molecule has 25 heavy (non-hydrogen) atoms. The zero-order valence-corrected chi connectivity index (χ0v) is 14.6. The van der Waals surface area contributed by atoms with Crippen LogP contribution in [0.5, 0.6) is 17.2 Å². The van der Waals surface area contributed by atoms with E-state index >= 15 is 0 Å². The Bertz CT molecular complexity index is 838. The Kier molecular flexibility index (Phi) is 5.09. The number of methoxy groups -OCH3 is 2. The fourth-order valence-corrected chi connectivity index (χ4v) is 2.83. The number of hydrogen-bond acceptors (Lipinski definition) is 5. The van der Waals surface area contributed by atoms with Gasteiger partial charge in [0.1, 0.15) is 18.5 Å². The molecule has 0 saturated carbocycles. The molecular weight excluding hydrogens is 320 g/mol. The second kappa shape index (κ2) is 7.44. The monoisotopic (exact) mass is 342 g/mol. The first-order valence-electron chi connectivity index (χ1n) is 8.07. The maximum Gasteiger partial charge on any atom is 0.203 e. The Morgan fingerprint density at radius 2 is 1.72 bits per heavy atom. The summed E-state index contributed by atoms with van der Waals surface area (Å²) in [7, 11) is 3.14. The summed E-state index contributed by atoms with van der Waals surface area (Å²) in [6, 6.07) is 13.3. The lowest BCUT2D eigenvalue weighted by Crippen LogP contribution is -2.24. The van der Waals surface area contributed by atoms with Crippen LogP contribution in [-0.4, -0.2) is 41.6 Å². The smallest absolute Gasteiger partial charge is 0.203 e. The molecule has 0 aliphatic rings. The molecule has 2 aromatic carbocycles. The molecular formula is C19H22N2O4. The van der Waals surface area contributed by atoms with Gasteiger partial charge < -0.3 is 23.9 Å². The van der Waals surface area contributed by atoms with E-state index in [4.69, 9.17) is 14.2 Å². The highest BCUT2D eigenvalue weighted by molar-refractivity contribution is 5.75. The van der Waals surface area contributed by atoms with E-state index < -0.39 is 6.10 Å². The summed E-state index contributed by atoms with van der Waals surface area (Å²) in [4.78, 5) is 4.51. The molecule has 0 aliphatic carbocycles. The van der Waals surface area contributed by atoms with E-state index in [1.54, 1.807) is 26.4 Å².